The monoisotopic (exact) mass is 260 g/mol. The van der Waals surface area contributed by atoms with Crippen LogP contribution in [0.2, 0.25) is 0 Å². The highest BCUT2D eigenvalue weighted by molar-refractivity contribution is 5.19. The zero-order valence-corrected chi connectivity index (χ0v) is 11.5. The molecule has 0 bridgehead atoms. The average Bonchev–Trinajstić information content (AvgIpc) is 2.75. The van der Waals surface area contributed by atoms with Crippen LogP contribution in [0, 0.1) is 13.8 Å². The molecule has 1 N–H and O–H groups in total. The number of ether oxygens (including phenoxy) is 1. The molecule has 0 radical (unpaired) electrons. The third kappa shape index (κ3) is 4.19. The molecule has 0 saturated carbocycles. The van der Waals surface area contributed by atoms with E-state index in [1.54, 1.807) is 0 Å². The van der Waals surface area contributed by atoms with Gasteiger partial charge in [0.25, 0.3) is 0 Å². The van der Waals surface area contributed by atoms with Gasteiger partial charge in [-0.2, -0.15) is 0 Å². The molecule has 0 atom stereocenters. The normalized spacial score (nSPS) is 10.8. The van der Waals surface area contributed by atoms with Crippen LogP contribution in [-0.4, -0.2) is 18.3 Å². The lowest BCUT2D eigenvalue weighted by Crippen LogP contribution is -2.19. The number of aromatic nitrogens is 1. The summed E-state index contributed by atoms with van der Waals surface area (Å²) in [6, 6.07) is 10.3. The zero-order chi connectivity index (χ0) is 13.5. The maximum Gasteiger partial charge on any atom is 0.139 e. The second-order valence-corrected chi connectivity index (χ2v) is 4.52. The summed E-state index contributed by atoms with van der Waals surface area (Å²) in [6.45, 7) is 6.79. The van der Waals surface area contributed by atoms with Gasteiger partial charge in [0, 0.05) is 18.7 Å². The second kappa shape index (κ2) is 7.07. The molecule has 1 aromatic heterocycles. The summed E-state index contributed by atoms with van der Waals surface area (Å²) < 4.78 is 10.7. The van der Waals surface area contributed by atoms with Crippen LogP contribution in [0.3, 0.4) is 0 Å². The molecule has 2 rings (SSSR count). The van der Waals surface area contributed by atoms with Crippen molar-refractivity contribution >= 4 is 0 Å². The highest BCUT2D eigenvalue weighted by Crippen LogP contribution is 2.12. The smallest absolute Gasteiger partial charge is 0.139 e. The lowest BCUT2D eigenvalue weighted by Gasteiger charge is -2.06. The summed E-state index contributed by atoms with van der Waals surface area (Å²) in [5.41, 5.74) is 3.26. The van der Waals surface area contributed by atoms with Crippen molar-refractivity contribution in [2.75, 3.05) is 13.2 Å². The lowest BCUT2D eigenvalue weighted by molar-refractivity contribution is 0.121. The van der Waals surface area contributed by atoms with Crippen LogP contribution >= 0.6 is 0 Å². The summed E-state index contributed by atoms with van der Waals surface area (Å²) in [7, 11) is 0. The van der Waals surface area contributed by atoms with Gasteiger partial charge in [0.1, 0.15) is 5.76 Å². The third-order valence-corrected chi connectivity index (χ3v) is 3.02. The molecule has 0 unspecified atom stereocenters. The Kier molecular flexibility index (Phi) is 5.12. The predicted molar refractivity (Wildman–Crippen MR) is 73.8 cm³/mol. The molecule has 0 fully saturated rings. The van der Waals surface area contributed by atoms with Crippen LogP contribution in [0.1, 0.15) is 22.6 Å². The Morgan fingerprint density at radius 3 is 2.68 bits per heavy atom. The molecule has 0 spiro atoms. The van der Waals surface area contributed by atoms with Gasteiger partial charge in [-0.05, 0) is 19.4 Å². The van der Waals surface area contributed by atoms with Crippen molar-refractivity contribution in [3.63, 3.8) is 0 Å². The van der Waals surface area contributed by atoms with Crippen LogP contribution in [-0.2, 0) is 17.9 Å². The van der Waals surface area contributed by atoms with E-state index in [-0.39, 0.29) is 0 Å². The Morgan fingerprint density at radius 1 is 1.21 bits per heavy atom. The molecule has 1 heterocycles. The summed E-state index contributed by atoms with van der Waals surface area (Å²) in [5.74, 6) is 0.842. The zero-order valence-electron chi connectivity index (χ0n) is 11.5. The van der Waals surface area contributed by atoms with E-state index >= 15 is 0 Å². The number of nitrogens with one attached hydrogen (secondary N) is 1. The SMILES string of the molecule is Cc1noc(C)c1COCCNCc1ccccc1. The Hall–Kier alpha value is -1.65. The maximum absolute atomic E-state index is 5.62. The van der Waals surface area contributed by atoms with Crippen LogP contribution in [0.5, 0.6) is 0 Å². The minimum Gasteiger partial charge on any atom is -0.375 e. The highest BCUT2D eigenvalue weighted by Gasteiger charge is 2.08. The van der Waals surface area contributed by atoms with Crippen LogP contribution in [0.15, 0.2) is 34.9 Å². The van der Waals surface area contributed by atoms with Crippen molar-refractivity contribution < 1.29 is 9.26 Å². The highest BCUT2D eigenvalue weighted by atomic mass is 16.5. The number of hydrogen-bond donors (Lipinski definition) is 1. The molecular weight excluding hydrogens is 240 g/mol. The van der Waals surface area contributed by atoms with Crippen LogP contribution in [0.25, 0.3) is 0 Å². The Morgan fingerprint density at radius 2 is 2.00 bits per heavy atom. The molecule has 4 nitrogen and oxygen atoms in total. The first-order chi connectivity index (χ1) is 9.27. The summed E-state index contributed by atoms with van der Waals surface area (Å²) in [5, 5.41) is 7.25. The quantitative estimate of drug-likeness (QED) is 0.777. The van der Waals surface area contributed by atoms with E-state index in [4.69, 9.17) is 9.26 Å². The van der Waals surface area contributed by atoms with Crippen molar-refractivity contribution in [2.24, 2.45) is 0 Å². The van der Waals surface area contributed by atoms with E-state index in [1.807, 2.05) is 32.0 Å². The Bertz CT molecular complexity index is 475. The van der Waals surface area contributed by atoms with Crippen molar-refractivity contribution in [1.82, 2.24) is 10.5 Å². The third-order valence-electron chi connectivity index (χ3n) is 3.02. The molecule has 4 heteroatoms. The number of benzene rings is 1. The van der Waals surface area contributed by atoms with Gasteiger partial charge < -0.3 is 14.6 Å². The standard InChI is InChI=1S/C15H20N2O2/c1-12-15(13(2)19-17-12)11-18-9-8-16-10-14-6-4-3-5-7-14/h3-7,16H,8-11H2,1-2H3. The van der Waals surface area contributed by atoms with E-state index in [2.05, 4.69) is 22.6 Å². The van der Waals surface area contributed by atoms with Gasteiger partial charge in [-0.15, -0.1) is 0 Å². The molecular formula is C15H20N2O2. The molecule has 0 aliphatic heterocycles. The largest absolute Gasteiger partial charge is 0.375 e. The molecule has 0 saturated heterocycles. The van der Waals surface area contributed by atoms with Gasteiger partial charge in [0.2, 0.25) is 0 Å². The molecule has 0 aliphatic carbocycles. The van der Waals surface area contributed by atoms with Crippen LogP contribution in [0.4, 0.5) is 0 Å². The fourth-order valence-corrected chi connectivity index (χ4v) is 1.86. The van der Waals surface area contributed by atoms with E-state index in [0.717, 1.165) is 30.1 Å². The number of nitrogens with zero attached hydrogens (tertiary/aromatic N) is 1. The fourth-order valence-electron chi connectivity index (χ4n) is 1.86. The topological polar surface area (TPSA) is 47.3 Å². The molecule has 19 heavy (non-hydrogen) atoms. The maximum atomic E-state index is 5.62. The minimum absolute atomic E-state index is 0.564. The number of hydrogen-bond acceptors (Lipinski definition) is 4. The molecule has 0 aliphatic rings. The number of rotatable bonds is 7. The minimum atomic E-state index is 0.564. The van der Waals surface area contributed by atoms with Gasteiger partial charge in [-0.1, -0.05) is 35.5 Å². The van der Waals surface area contributed by atoms with Crippen molar-refractivity contribution in [3.05, 3.63) is 52.9 Å². The van der Waals surface area contributed by atoms with Gasteiger partial charge in [0.05, 0.1) is 18.9 Å². The van der Waals surface area contributed by atoms with Crippen molar-refractivity contribution in [2.45, 2.75) is 27.0 Å². The predicted octanol–water partition coefficient (Wildman–Crippen LogP) is 2.60. The van der Waals surface area contributed by atoms with Gasteiger partial charge >= 0.3 is 0 Å². The first kappa shape index (κ1) is 13.8. The molecule has 1 aromatic carbocycles. The molecule has 2 aromatic rings. The van der Waals surface area contributed by atoms with E-state index in [9.17, 15) is 0 Å². The average molecular weight is 260 g/mol. The van der Waals surface area contributed by atoms with Crippen molar-refractivity contribution in [3.8, 4) is 0 Å². The Labute approximate surface area is 113 Å². The first-order valence-electron chi connectivity index (χ1n) is 6.51. The van der Waals surface area contributed by atoms with Crippen LogP contribution < -0.4 is 5.32 Å². The first-order valence-corrected chi connectivity index (χ1v) is 6.51. The van der Waals surface area contributed by atoms with Gasteiger partial charge in [-0.25, -0.2) is 0 Å². The van der Waals surface area contributed by atoms with Gasteiger partial charge in [-0.3, -0.25) is 0 Å². The second-order valence-electron chi connectivity index (χ2n) is 4.52. The summed E-state index contributed by atoms with van der Waals surface area (Å²) in [4.78, 5) is 0. The number of aryl methyl sites for hydroxylation is 2. The summed E-state index contributed by atoms with van der Waals surface area (Å²) >= 11 is 0. The fraction of sp³-hybridized carbons (Fsp3) is 0.400. The van der Waals surface area contributed by atoms with E-state index in [0.29, 0.717) is 13.2 Å². The molecule has 0 amide bonds. The van der Waals surface area contributed by atoms with E-state index in [1.165, 1.54) is 5.56 Å². The Balaban J connectivity index is 1.60. The van der Waals surface area contributed by atoms with E-state index < -0.39 is 0 Å². The van der Waals surface area contributed by atoms with Gasteiger partial charge in [0.15, 0.2) is 0 Å². The molecule has 102 valence electrons. The van der Waals surface area contributed by atoms with Crippen molar-refractivity contribution in [1.29, 1.82) is 0 Å². The lowest BCUT2D eigenvalue weighted by atomic mass is 10.2. The summed E-state index contributed by atoms with van der Waals surface area (Å²) in [6.07, 6.45) is 0.